The third-order valence-corrected chi connectivity index (χ3v) is 6.60. The van der Waals surface area contributed by atoms with Crippen molar-refractivity contribution in [3.8, 4) is 0 Å². The number of imidazole rings is 1. The minimum Gasteiger partial charge on any atom is -0.341 e. The van der Waals surface area contributed by atoms with Gasteiger partial charge in [-0.1, -0.05) is 18.2 Å². The lowest BCUT2D eigenvalue weighted by Gasteiger charge is -2.23. The standard InChI is InChI=1S/C18H16F3N3O2S/c19-18(20,21)12-5-3-6-13(11-12)27(25,26)24-10-4-9-16(24)17-22-14-7-1-2-8-15(14)23-17/h1-3,5-8,11,16H,4,9-10H2,(H,22,23)/t16-/m1/s1. The van der Waals surface area contributed by atoms with Crippen LogP contribution in [0.5, 0.6) is 0 Å². The number of hydrogen-bond donors (Lipinski definition) is 1. The molecule has 0 bridgehead atoms. The Hall–Kier alpha value is -2.39. The first-order valence-corrected chi connectivity index (χ1v) is 9.84. The average molecular weight is 395 g/mol. The Morgan fingerprint density at radius 3 is 2.63 bits per heavy atom. The van der Waals surface area contributed by atoms with Crippen LogP contribution in [-0.2, 0) is 16.2 Å². The Kier molecular flexibility index (Phi) is 4.23. The van der Waals surface area contributed by atoms with Crippen molar-refractivity contribution in [2.45, 2.75) is 30.0 Å². The average Bonchev–Trinajstić information content (AvgIpc) is 3.28. The maximum Gasteiger partial charge on any atom is 0.416 e. The third kappa shape index (κ3) is 3.21. The van der Waals surface area contributed by atoms with Gasteiger partial charge in [-0.15, -0.1) is 0 Å². The summed E-state index contributed by atoms with van der Waals surface area (Å²) in [5.41, 5.74) is 0.523. The Bertz CT molecular complexity index is 1060. The van der Waals surface area contributed by atoms with Gasteiger partial charge in [0.25, 0.3) is 0 Å². The van der Waals surface area contributed by atoms with Crippen LogP contribution in [0.2, 0.25) is 0 Å². The van der Waals surface area contributed by atoms with E-state index in [1.165, 1.54) is 10.4 Å². The number of halogens is 3. The number of H-pyrrole nitrogens is 1. The van der Waals surface area contributed by atoms with Crippen molar-refractivity contribution in [3.63, 3.8) is 0 Å². The molecule has 1 N–H and O–H groups in total. The van der Waals surface area contributed by atoms with E-state index in [1.807, 2.05) is 24.3 Å². The lowest BCUT2D eigenvalue weighted by molar-refractivity contribution is -0.137. The minimum absolute atomic E-state index is 0.236. The largest absolute Gasteiger partial charge is 0.416 e. The summed E-state index contributed by atoms with van der Waals surface area (Å²) in [6.45, 7) is 0.236. The molecule has 1 saturated heterocycles. The van der Waals surface area contributed by atoms with E-state index < -0.39 is 27.8 Å². The molecular formula is C18H16F3N3O2S. The third-order valence-electron chi connectivity index (χ3n) is 4.69. The van der Waals surface area contributed by atoms with E-state index in [9.17, 15) is 21.6 Å². The second-order valence-electron chi connectivity index (χ2n) is 6.44. The highest BCUT2D eigenvalue weighted by Gasteiger charge is 2.39. The summed E-state index contributed by atoms with van der Waals surface area (Å²) in [5.74, 6) is 0.504. The van der Waals surface area contributed by atoms with Gasteiger partial charge < -0.3 is 4.98 Å². The highest BCUT2D eigenvalue weighted by atomic mass is 32.2. The normalized spacial score (nSPS) is 19.0. The molecule has 2 aromatic carbocycles. The summed E-state index contributed by atoms with van der Waals surface area (Å²) in [6.07, 6.45) is -3.44. The molecule has 27 heavy (non-hydrogen) atoms. The van der Waals surface area contributed by atoms with Crippen molar-refractivity contribution >= 4 is 21.1 Å². The van der Waals surface area contributed by atoms with Gasteiger partial charge in [0.2, 0.25) is 10.0 Å². The van der Waals surface area contributed by atoms with Crippen molar-refractivity contribution in [2.75, 3.05) is 6.54 Å². The van der Waals surface area contributed by atoms with Crippen molar-refractivity contribution < 1.29 is 21.6 Å². The van der Waals surface area contributed by atoms with Crippen molar-refractivity contribution in [1.82, 2.24) is 14.3 Å². The van der Waals surface area contributed by atoms with Gasteiger partial charge in [0.1, 0.15) is 5.82 Å². The molecule has 9 heteroatoms. The topological polar surface area (TPSA) is 66.1 Å². The smallest absolute Gasteiger partial charge is 0.341 e. The van der Waals surface area contributed by atoms with Gasteiger partial charge in [0.05, 0.1) is 27.5 Å². The number of hydrogen-bond acceptors (Lipinski definition) is 3. The summed E-state index contributed by atoms with van der Waals surface area (Å²) in [6, 6.07) is 10.7. The maximum atomic E-state index is 13.0. The zero-order valence-corrected chi connectivity index (χ0v) is 14.9. The molecule has 0 radical (unpaired) electrons. The molecule has 0 spiro atoms. The summed E-state index contributed by atoms with van der Waals surface area (Å²) >= 11 is 0. The summed E-state index contributed by atoms with van der Waals surface area (Å²) in [5, 5.41) is 0. The van der Waals surface area contributed by atoms with Crippen molar-refractivity contribution in [3.05, 3.63) is 59.9 Å². The van der Waals surface area contributed by atoms with Gasteiger partial charge in [-0.2, -0.15) is 17.5 Å². The van der Waals surface area contributed by atoms with Crippen molar-refractivity contribution in [2.24, 2.45) is 0 Å². The molecule has 5 nitrogen and oxygen atoms in total. The van der Waals surface area contributed by atoms with Crippen LogP contribution in [-0.4, -0.2) is 29.2 Å². The van der Waals surface area contributed by atoms with Crippen LogP contribution in [0.4, 0.5) is 13.2 Å². The Morgan fingerprint density at radius 1 is 1.11 bits per heavy atom. The summed E-state index contributed by atoms with van der Waals surface area (Å²) < 4.78 is 66.2. The fraction of sp³-hybridized carbons (Fsp3) is 0.278. The second kappa shape index (κ2) is 6.35. The number of nitrogens with zero attached hydrogens (tertiary/aromatic N) is 2. The van der Waals surface area contributed by atoms with Gasteiger partial charge in [-0.25, -0.2) is 13.4 Å². The molecular weight excluding hydrogens is 379 g/mol. The number of para-hydroxylation sites is 2. The van der Waals surface area contributed by atoms with Crippen LogP contribution in [0.25, 0.3) is 11.0 Å². The molecule has 1 fully saturated rings. The Balaban J connectivity index is 1.72. The molecule has 1 aromatic heterocycles. The number of aromatic nitrogens is 2. The lowest BCUT2D eigenvalue weighted by Crippen LogP contribution is -2.31. The Labute approximate surface area is 153 Å². The number of benzene rings is 2. The van der Waals surface area contributed by atoms with Gasteiger partial charge in [-0.3, -0.25) is 0 Å². The molecule has 0 aliphatic carbocycles. The van der Waals surface area contributed by atoms with E-state index >= 15 is 0 Å². The zero-order chi connectivity index (χ0) is 19.2. The molecule has 0 saturated carbocycles. The number of aromatic amines is 1. The number of nitrogens with one attached hydrogen (secondary N) is 1. The number of sulfonamides is 1. The highest BCUT2D eigenvalue weighted by molar-refractivity contribution is 7.89. The Morgan fingerprint density at radius 2 is 1.89 bits per heavy atom. The van der Waals surface area contributed by atoms with E-state index in [0.717, 1.165) is 23.2 Å². The van der Waals surface area contributed by atoms with Crippen LogP contribution in [0.3, 0.4) is 0 Å². The first-order chi connectivity index (χ1) is 12.8. The molecule has 1 aliphatic heterocycles. The van der Waals surface area contributed by atoms with E-state index in [0.29, 0.717) is 24.7 Å². The predicted molar refractivity (Wildman–Crippen MR) is 93.4 cm³/mol. The predicted octanol–water partition coefficient (Wildman–Crippen LogP) is 4.11. The molecule has 1 atom stereocenters. The first-order valence-electron chi connectivity index (χ1n) is 8.40. The fourth-order valence-electron chi connectivity index (χ4n) is 3.40. The fourth-order valence-corrected chi connectivity index (χ4v) is 5.11. The molecule has 0 amide bonds. The zero-order valence-electron chi connectivity index (χ0n) is 14.1. The summed E-state index contributed by atoms with van der Waals surface area (Å²) in [4.78, 5) is 7.24. The monoisotopic (exact) mass is 395 g/mol. The quantitative estimate of drug-likeness (QED) is 0.726. The van der Waals surface area contributed by atoms with Gasteiger partial charge in [0, 0.05) is 6.54 Å². The highest BCUT2D eigenvalue weighted by Crippen LogP contribution is 2.37. The van der Waals surface area contributed by atoms with Gasteiger partial charge >= 0.3 is 6.18 Å². The second-order valence-corrected chi connectivity index (χ2v) is 8.33. The maximum absolute atomic E-state index is 13.0. The molecule has 2 heterocycles. The molecule has 142 valence electrons. The van der Waals surface area contributed by atoms with E-state index in [-0.39, 0.29) is 11.4 Å². The number of alkyl halides is 3. The first kappa shape index (κ1) is 18.0. The molecule has 0 unspecified atom stereocenters. The number of fused-ring (bicyclic) bond motifs is 1. The molecule has 4 rings (SSSR count). The van der Waals surface area contributed by atoms with E-state index in [1.54, 1.807) is 0 Å². The van der Waals surface area contributed by atoms with Crippen molar-refractivity contribution in [1.29, 1.82) is 0 Å². The lowest BCUT2D eigenvalue weighted by atomic mass is 10.2. The van der Waals surface area contributed by atoms with Crippen LogP contribution in [0.1, 0.15) is 30.3 Å². The van der Waals surface area contributed by atoms with Crippen LogP contribution in [0.15, 0.2) is 53.4 Å². The number of rotatable bonds is 3. The van der Waals surface area contributed by atoms with Crippen LogP contribution >= 0.6 is 0 Å². The van der Waals surface area contributed by atoms with Crippen LogP contribution < -0.4 is 0 Å². The van der Waals surface area contributed by atoms with Gasteiger partial charge in [0.15, 0.2) is 0 Å². The molecule has 3 aromatic rings. The SMILES string of the molecule is O=S(=O)(c1cccc(C(F)(F)F)c1)N1CCC[C@@H]1c1nc2ccccc2[nH]1. The molecule has 1 aliphatic rings. The minimum atomic E-state index is -4.60. The van der Waals surface area contributed by atoms with E-state index in [4.69, 9.17) is 0 Å². The summed E-state index contributed by atoms with van der Waals surface area (Å²) in [7, 11) is -4.08. The van der Waals surface area contributed by atoms with Crippen LogP contribution in [0, 0.1) is 0 Å². The van der Waals surface area contributed by atoms with Gasteiger partial charge in [-0.05, 0) is 43.2 Å². The van der Waals surface area contributed by atoms with E-state index in [2.05, 4.69) is 9.97 Å².